The minimum absolute atomic E-state index is 0.115. The van der Waals surface area contributed by atoms with Crippen LogP contribution in [0.1, 0.15) is 12.0 Å². The van der Waals surface area contributed by atoms with E-state index in [0.717, 1.165) is 22.6 Å². The van der Waals surface area contributed by atoms with Crippen molar-refractivity contribution in [3.05, 3.63) is 46.3 Å². The van der Waals surface area contributed by atoms with Crippen LogP contribution in [0.15, 0.2) is 40.6 Å². The molecule has 122 valence electrons. The molecule has 5 nitrogen and oxygen atoms in total. The lowest BCUT2D eigenvalue weighted by Gasteiger charge is -2.17. The molecular weight excluding hydrogens is 356 g/mol. The summed E-state index contributed by atoms with van der Waals surface area (Å²) in [6.45, 7) is 2.46. The van der Waals surface area contributed by atoms with Crippen molar-refractivity contribution in [2.45, 2.75) is 23.6 Å². The molecular formula is C15H15ClN2O3S2. The van der Waals surface area contributed by atoms with Gasteiger partial charge in [0.05, 0.1) is 4.34 Å². The van der Waals surface area contributed by atoms with E-state index >= 15 is 0 Å². The van der Waals surface area contributed by atoms with Crippen molar-refractivity contribution in [3.63, 3.8) is 0 Å². The molecule has 3 rings (SSSR count). The fourth-order valence-electron chi connectivity index (χ4n) is 2.46. The molecule has 0 aliphatic carbocycles. The minimum Gasteiger partial charge on any atom is -0.311 e. The van der Waals surface area contributed by atoms with Gasteiger partial charge in [-0.25, -0.2) is 8.42 Å². The summed E-state index contributed by atoms with van der Waals surface area (Å²) < 4.78 is 27.6. The molecule has 1 aromatic heterocycles. The van der Waals surface area contributed by atoms with E-state index < -0.39 is 16.1 Å². The number of amides is 1. The van der Waals surface area contributed by atoms with Crippen LogP contribution in [0.2, 0.25) is 4.34 Å². The first-order chi connectivity index (χ1) is 10.9. The van der Waals surface area contributed by atoms with E-state index in [4.69, 9.17) is 11.6 Å². The van der Waals surface area contributed by atoms with Crippen molar-refractivity contribution in [2.75, 3.05) is 11.4 Å². The second-order valence-corrected chi connectivity index (χ2v) is 9.00. The number of nitrogens with one attached hydrogen (secondary N) is 1. The highest BCUT2D eigenvalue weighted by Gasteiger charge is 2.36. The first-order valence-corrected chi connectivity index (χ1v) is 9.70. The Kier molecular flexibility index (Phi) is 4.46. The van der Waals surface area contributed by atoms with Crippen LogP contribution in [0.5, 0.6) is 0 Å². The molecule has 1 aliphatic rings. The summed E-state index contributed by atoms with van der Waals surface area (Å²) in [5, 5.41) is 0. The average molecular weight is 371 g/mol. The molecule has 23 heavy (non-hydrogen) atoms. The van der Waals surface area contributed by atoms with Crippen LogP contribution < -0.4 is 9.62 Å². The zero-order valence-corrected chi connectivity index (χ0v) is 14.7. The number of benzene rings is 1. The molecule has 2 aromatic rings. The second kappa shape index (κ2) is 6.24. The van der Waals surface area contributed by atoms with E-state index in [2.05, 4.69) is 4.72 Å². The van der Waals surface area contributed by atoms with Crippen molar-refractivity contribution in [3.8, 4) is 0 Å². The van der Waals surface area contributed by atoms with E-state index in [0.29, 0.717) is 17.3 Å². The second-order valence-electron chi connectivity index (χ2n) is 5.35. The summed E-state index contributed by atoms with van der Waals surface area (Å²) in [6.07, 6.45) is 0.436. The Labute approximate surface area is 143 Å². The molecule has 0 spiro atoms. The number of sulfonamides is 1. The van der Waals surface area contributed by atoms with Gasteiger partial charge in [-0.05, 0) is 37.6 Å². The maximum atomic E-state index is 12.5. The third-order valence-electron chi connectivity index (χ3n) is 3.66. The number of thiophene rings is 1. The third kappa shape index (κ3) is 3.42. The van der Waals surface area contributed by atoms with Crippen LogP contribution in [0.4, 0.5) is 5.69 Å². The molecule has 1 fully saturated rings. The number of hydrogen-bond acceptors (Lipinski definition) is 4. The number of carbonyl (C=O) groups is 1. The molecule has 1 unspecified atom stereocenters. The van der Waals surface area contributed by atoms with Gasteiger partial charge in [0.1, 0.15) is 10.3 Å². The zero-order valence-electron chi connectivity index (χ0n) is 12.3. The molecule has 0 saturated carbocycles. The fraction of sp³-hybridized carbons (Fsp3) is 0.267. The van der Waals surface area contributed by atoms with Crippen molar-refractivity contribution in [1.29, 1.82) is 0 Å². The standard InChI is InChI=1S/C15H15ClN2O3S2/c1-10-2-4-11(5-3-10)18-9-8-12(15(18)19)17-23(20,21)14-7-6-13(16)22-14/h2-7,12,17H,8-9H2,1H3. The monoisotopic (exact) mass is 370 g/mol. The molecule has 1 saturated heterocycles. The molecule has 1 amide bonds. The lowest BCUT2D eigenvalue weighted by Crippen LogP contribution is -2.41. The Morgan fingerprint density at radius 2 is 1.91 bits per heavy atom. The molecule has 1 N–H and O–H groups in total. The van der Waals surface area contributed by atoms with E-state index in [9.17, 15) is 13.2 Å². The summed E-state index contributed by atoms with van der Waals surface area (Å²) in [5.74, 6) is -0.236. The van der Waals surface area contributed by atoms with Gasteiger partial charge in [-0.2, -0.15) is 4.72 Å². The van der Waals surface area contributed by atoms with Crippen molar-refractivity contribution in [2.24, 2.45) is 0 Å². The molecule has 1 aliphatic heterocycles. The van der Waals surface area contributed by atoms with Gasteiger partial charge in [0.2, 0.25) is 5.91 Å². The maximum absolute atomic E-state index is 12.5. The zero-order chi connectivity index (χ0) is 16.6. The molecule has 0 bridgehead atoms. The average Bonchev–Trinajstić information content (AvgIpc) is 3.08. The van der Waals surface area contributed by atoms with Crippen LogP contribution in [0.25, 0.3) is 0 Å². The summed E-state index contributed by atoms with van der Waals surface area (Å²) in [7, 11) is -3.73. The van der Waals surface area contributed by atoms with Crippen molar-refractivity contribution in [1.82, 2.24) is 4.72 Å². The topological polar surface area (TPSA) is 66.5 Å². The van der Waals surface area contributed by atoms with Crippen LogP contribution in [-0.4, -0.2) is 26.9 Å². The number of aryl methyl sites for hydroxylation is 1. The van der Waals surface area contributed by atoms with Crippen molar-refractivity contribution < 1.29 is 13.2 Å². The van der Waals surface area contributed by atoms with Gasteiger partial charge in [-0.1, -0.05) is 29.3 Å². The highest BCUT2D eigenvalue weighted by Crippen LogP contribution is 2.27. The number of rotatable bonds is 4. The quantitative estimate of drug-likeness (QED) is 0.899. The third-order valence-corrected chi connectivity index (χ3v) is 6.86. The highest BCUT2D eigenvalue weighted by molar-refractivity contribution is 7.91. The Bertz CT molecular complexity index is 831. The van der Waals surface area contributed by atoms with E-state index in [1.165, 1.54) is 12.1 Å². The Hall–Kier alpha value is -1.41. The summed E-state index contributed by atoms with van der Waals surface area (Å²) in [5.41, 5.74) is 1.88. The lowest BCUT2D eigenvalue weighted by molar-refractivity contribution is -0.118. The Balaban J connectivity index is 1.76. The van der Waals surface area contributed by atoms with Crippen LogP contribution in [0.3, 0.4) is 0 Å². The summed E-state index contributed by atoms with van der Waals surface area (Å²) >= 11 is 6.75. The molecule has 0 radical (unpaired) electrons. The van der Waals surface area contributed by atoms with Gasteiger partial charge in [0.15, 0.2) is 0 Å². The smallest absolute Gasteiger partial charge is 0.250 e. The molecule has 2 heterocycles. The van der Waals surface area contributed by atoms with E-state index in [1.54, 1.807) is 4.90 Å². The summed E-state index contributed by atoms with van der Waals surface area (Å²) in [4.78, 5) is 14.1. The molecule has 1 atom stereocenters. The predicted molar refractivity (Wildman–Crippen MR) is 91.6 cm³/mol. The maximum Gasteiger partial charge on any atom is 0.250 e. The van der Waals surface area contributed by atoms with E-state index in [-0.39, 0.29) is 10.1 Å². The number of anilines is 1. The Morgan fingerprint density at radius 3 is 2.52 bits per heavy atom. The number of hydrogen-bond donors (Lipinski definition) is 1. The summed E-state index contributed by atoms with van der Waals surface area (Å²) in [6, 6.07) is 9.79. The van der Waals surface area contributed by atoms with E-state index in [1.807, 2.05) is 31.2 Å². The number of carbonyl (C=O) groups excluding carboxylic acids is 1. The van der Waals surface area contributed by atoms with Crippen LogP contribution in [-0.2, 0) is 14.8 Å². The van der Waals surface area contributed by atoms with Gasteiger partial charge in [0, 0.05) is 12.2 Å². The lowest BCUT2D eigenvalue weighted by atomic mass is 10.2. The first kappa shape index (κ1) is 16.4. The largest absolute Gasteiger partial charge is 0.311 e. The van der Waals surface area contributed by atoms with Gasteiger partial charge in [0.25, 0.3) is 10.0 Å². The van der Waals surface area contributed by atoms with Crippen LogP contribution >= 0.6 is 22.9 Å². The predicted octanol–water partition coefficient (Wildman–Crippen LogP) is 2.79. The molecule has 8 heteroatoms. The van der Waals surface area contributed by atoms with Crippen molar-refractivity contribution >= 4 is 44.6 Å². The van der Waals surface area contributed by atoms with Gasteiger partial charge in [-0.15, -0.1) is 11.3 Å². The Morgan fingerprint density at radius 1 is 1.22 bits per heavy atom. The fourth-order valence-corrected chi connectivity index (χ4v) is 5.18. The van der Waals surface area contributed by atoms with Gasteiger partial charge >= 0.3 is 0 Å². The van der Waals surface area contributed by atoms with Crippen LogP contribution in [0, 0.1) is 6.92 Å². The molecule has 1 aromatic carbocycles. The SMILES string of the molecule is Cc1ccc(N2CCC(NS(=O)(=O)c3ccc(Cl)s3)C2=O)cc1. The first-order valence-electron chi connectivity index (χ1n) is 7.02. The number of halogens is 1. The van der Waals surface area contributed by atoms with Gasteiger partial charge < -0.3 is 4.90 Å². The minimum atomic E-state index is -3.73. The normalized spacial score (nSPS) is 18.6. The number of nitrogens with zero attached hydrogens (tertiary/aromatic N) is 1. The van der Waals surface area contributed by atoms with Gasteiger partial charge in [-0.3, -0.25) is 4.79 Å². The highest BCUT2D eigenvalue weighted by atomic mass is 35.5.